The molecule has 15 heteroatoms. The van der Waals surface area contributed by atoms with Crippen molar-refractivity contribution >= 4 is 44.2 Å². The molecule has 0 aliphatic carbocycles. The lowest BCUT2D eigenvalue weighted by molar-refractivity contribution is -0.137. The van der Waals surface area contributed by atoms with Crippen LogP contribution >= 0.6 is 22.9 Å². The van der Waals surface area contributed by atoms with E-state index in [1.165, 1.54) is 18.2 Å². The SMILES string of the molecule is CNC[C@H](O)[C@@H](O)[C@H](O)[C@H](O)CO.Cc1cc(Cl)cc(C(=O)Nc2nc3ccc(C(F)(F)F)cc3s2)c1O. The molecule has 1 aromatic heterocycles. The molecule has 4 atom stereocenters. The fraction of sp³-hybridized carbons (Fsp3) is 0.391. The van der Waals surface area contributed by atoms with Gasteiger partial charge in [0.15, 0.2) is 5.13 Å². The molecule has 0 aliphatic rings. The second kappa shape index (κ2) is 13.5. The van der Waals surface area contributed by atoms with Crippen molar-refractivity contribution in [3.05, 3.63) is 52.0 Å². The first-order valence-corrected chi connectivity index (χ1v) is 12.1. The molecule has 0 aliphatic heterocycles. The van der Waals surface area contributed by atoms with Gasteiger partial charge in [0.1, 0.15) is 24.1 Å². The summed E-state index contributed by atoms with van der Waals surface area (Å²) in [6, 6.07) is 5.95. The van der Waals surface area contributed by atoms with Gasteiger partial charge < -0.3 is 36.0 Å². The van der Waals surface area contributed by atoms with Crippen molar-refractivity contribution in [1.82, 2.24) is 10.3 Å². The number of likely N-dealkylation sites (N-methyl/N-ethyl adjacent to an activating group) is 1. The molecule has 10 nitrogen and oxygen atoms in total. The van der Waals surface area contributed by atoms with E-state index in [2.05, 4.69) is 15.6 Å². The fourth-order valence-electron chi connectivity index (χ4n) is 3.12. The van der Waals surface area contributed by atoms with Crippen LogP contribution in [0.3, 0.4) is 0 Å². The zero-order chi connectivity index (χ0) is 28.8. The fourth-order valence-corrected chi connectivity index (χ4v) is 4.29. The van der Waals surface area contributed by atoms with Crippen LogP contribution in [-0.2, 0) is 6.18 Å². The largest absolute Gasteiger partial charge is 0.507 e. The van der Waals surface area contributed by atoms with Gasteiger partial charge >= 0.3 is 6.18 Å². The number of benzene rings is 2. The number of aliphatic hydroxyl groups excluding tert-OH is 5. The van der Waals surface area contributed by atoms with Crippen molar-refractivity contribution in [3.63, 3.8) is 0 Å². The van der Waals surface area contributed by atoms with Crippen molar-refractivity contribution < 1.29 is 48.6 Å². The van der Waals surface area contributed by atoms with Gasteiger partial charge in [0.2, 0.25) is 0 Å². The lowest BCUT2D eigenvalue weighted by atomic mass is 10.0. The topological polar surface area (TPSA) is 175 Å². The molecule has 210 valence electrons. The first kappa shape index (κ1) is 31.7. The van der Waals surface area contributed by atoms with Crippen molar-refractivity contribution in [2.75, 3.05) is 25.5 Å². The quantitative estimate of drug-likeness (QED) is 0.197. The molecular formula is C23H27ClF3N3O7S. The minimum atomic E-state index is -4.45. The number of phenolic OH excluding ortho intramolecular Hbond substituents is 1. The Hall–Kier alpha value is -2.56. The average molecular weight is 582 g/mol. The summed E-state index contributed by atoms with van der Waals surface area (Å²) in [5, 5.41) is 60.3. The molecule has 3 rings (SSSR count). The van der Waals surface area contributed by atoms with Gasteiger partial charge in [0.05, 0.1) is 34.1 Å². The molecule has 0 unspecified atom stereocenters. The van der Waals surface area contributed by atoms with Crippen LogP contribution < -0.4 is 10.6 Å². The number of aromatic hydroxyl groups is 1. The highest BCUT2D eigenvalue weighted by molar-refractivity contribution is 7.22. The Bertz CT molecular complexity index is 1240. The molecule has 1 heterocycles. The Balaban J connectivity index is 0.000000332. The predicted molar refractivity (Wildman–Crippen MR) is 135 cm³/mol. The standard InChI is InChI=1S/C16H10ClF3N2O2S.C7H17NO5/c1-7-4-9(17)6-10(13(7)23)14(24)22-15-21-11-3-2-8(16(18,19)20)5-12(11)25-15;1-8-2-4(10)6(12)7(13)5(11)3-9/h2-6,23H,1H3,(H,21,22,24);4-13H,2-3H2,1H3/t;4-,5+,6+,7+/m.0/s1. The van der Waals surface area contributed by atoms with E-state index in [0.717, 1.165) is 23.5 Å². The van der Waals surface area contributed by atoms with Crippen molar-refractivity contribution in [1.29, 1.82) is 0 Å². The number of alkyl halides is 3. The van der Waals surface area contributed by atoms with Crippen molar-refractivity contribution in [3.8, 4) is 5.75 Å². The van der Waals surface area contributed by atoms with E-state index in [1.54, 1.807) is 14.0 Å². The van der Waals surface area contributed by atoms with Crippen LogP contribution in [0.4, 0.5) is 18.3 Å². The van der Waals surface area contributed by atoms with Gasteiger partial charge in [0, 0.05) is 11.6 Å². The first-order chi connectivity index (χ1) is 17.7. The van der Waals surface area contributed by atoms with Gasteiger partial charge in [-0.3, -0.25) is 10.1 Å². The third-order valence-corrected chi connectivity index (χ3v) is 6.34. The number of thiazole rings is 1. The Morgan fingerprint density at radius 3 is 2.32 bits per heavy atom. The second-order valence-electron chi connectivity index (χ2n) is 8.13. The van der Waals surface area contributed by atoms with Gasteiger partial charge in [0.25, 0.3) is 5.91 Å². The van der Waals surface area contributed by atoms with Crippen LogP contribution in [0.2, 0.25) is 5.02 Å². The number of nitrogens with one attached hydrogen (secondary N) is 2. The Morgan fingerprint density at radius 2 is 1.74 bits per heavy atom. The second-order valence-corrected chi connectivity index (χ2v) is 9.60. The average Bonchev–Trinajstić information content (AvgIpc) is 3.26. The van der Waals surface area contributed by atoms with E-state index in [1.807, 2.05) is 0 Å². The smallest absolute Gasteiger partial charge is 0.416 e. The molecule has 2 aromatic carbocycles. The van der Waals surface area contributed by atoms with Gasteiger partial charge in [-0.1, -0.05) is 22.9 Å². The molecule has 38 heavy (non-hydrogen) atoms. The highest BCUT2D eigenvalue weighted by Gasteiger charge is 2.31. The monoisotopic (exact) mass is 581 g/mol. The summed E-state index contributed by atoms with van der Waals surface area (Å²) < 4.78 is 38.5. The number of aryl methyl sites for hydroxylation is 1. The molecule has 3 aromatic rings. The summed E-state index contributed by atoms with van der Waals surface area (Å²) in [5.41, 5.74) is -0.0681. The Kier molecular flexibility index (Phi) is 11.2. The summed E-state index contributed by atoms with van der Waals surface area (Å²) in [6.45, 7) is 1.02. The van der Waals surface area contributed by atoms with E-state index in [-0.39, 0.29) is 32.7 Å². The number of aromatic nitrogens is 1. The third-order valence-electron chi connectivity index (χ3n) is 5.18. The normalized spacial score (nSPS) is 14.8. The van der Waals surface area contributed by atoms with Crippen LogP contribution in [0.25, 0.3) is 10.2 Å². The molecule has 0 spiro atoms. The summed E-state index contributed by atoms with van der Waals surface area (Å²) in [5.74, 6) is -0.874. The van der Waals surface area contributed by atoms with Crippen LogP contribution in [0.15, 0.2) is 30.3 Å². The lowest BCUT2D eigenvalue weighted by Gasteiger charge is -2.25. The summed E-state index contributed by atoms with van der Waals surface area (Å²) >= 11 is 6.79. The number of carbonyl (C=O) groups is 1. The van der Waals surface area contributed by atoms with Crippen LogP contribution in [-0.4, -0.2) is 86.1 Å². The van der Waals surface area contributed by atoms with Crippen molar-refractivity contribution in [2.45, 2.75) is 37.5 Å². The van der Waals surface area contributed by atoms with Gasteiger partial charge in [-0.25, -0.2) is 4.98 Å². The van der Waals surface area contributed by atoms with E-state index < -0.39 is 48.7 Å². The predicted octanol–water partition coefficient (Wildman–Crippen LogP) is 1.88. The number of amides is 1. The number of phenols is 1. The minimum absolute atomic E-state index is 0.0414. The number of anilines is 1. The van der Waals surface area contributed by atoms with Crippen molar-refractivity contribution in [2.24, 2.45) is 0 Å². The number of hydrogen-bond donors (Lipinski definition) is 8. The molecule has 8 N–H and O–H groups in total. The highest BCUT2D eigenvalue weighted by Crippen LogP contribution is 2.35. The number of rotatable bonds is 8. The summed E-state index contributed by atoms with van der Waals surface area (Å²) in [4.78, 5) is 16.4. The molecule has 0 saturated carbocycles. The lowest BCUT2D eigenvalue weighted by Crippen LogP contribution is -2.48. The molecular weight excluding hydrogens is 555 g/mol. The number of hydrogen-bond acceptors (Lipinski definition) is 10. The van der Waals surface area contributed by atoms with Crippen LogP contribution in [0.5, 0.6) is 5.75 Å². The highest BCUT2D eigenvalue weighted by atomic mass is 35.5. The van der Waals surface area contributed by atoms with E-state index in [9.17, 15) is 28.2 Å². The zero-order valence-electron chi connectivity index (χ0n) is 20.1. The number of nitrogens with zero attached hydrogens (tertiary/aromatic N) is 1. The van der Waals surface area contributed by atoms with E-state index >= 15 is 0 Å². The van der Waals surface area contributed by atoms with Gasteiger partial charge in [-0.05, 0) is 49.9 Å². The van der Waals surface area contributed by atoms with Crippen LogP contribution in [0.1, 0.15) is 21.5 Å². The minimum Gasteiger partial charge on any atom is -0.507 e. The summed E-state index contributed by atoms with van der Waals surface area (Å²) in [7, 11) is 1.57. The molecule has 0 radical (unpaired) electrons. The number of fused-ring (bicyclic) bond motifs is 1. The Morgan fingerprint density at radius 1 is 1.11 bits per heavy atom. The maximum absolute atomic E-state index is 12.7. The number of aliphatic hydroxyl groups is 5. The molecule has 0 bridgehead atoms. The summed E-state index contributed by atoms with van der Waals surface area (Å²) in [6.07, 6.45) is -10.1. The maximum Gasteiger partial charge on any atom is 0.416 e. The Labute approximate surface area is 224 Å². The zero-order valence-corrected chi connectivity index (χ0v) is 21.6. The molecule has 0 saturated heterocycles. The molecule has 1 amide bonds. The van der Waals surface area contributed by atoms with E-state index in [4.69, 9.17) is 32.0 Å². The molecule has 0 fully saturated rings. The van der Waals surface area contributed by atoms with Gasteiger partial charge in [-0.15, -0.1) is 0 Å². The van der Waals surface area contributed by atoms with E-state index in [0.29, 0.717) is 11.1 Å². The number of halogens is 4. The first-order valence-electron chi connectivity index (χ1n) is 11.0. The third kappa shape index (κ3) is 8.22. The maximum atomic E-state index is 12.7. The van der Waals surface area contributed by atoms with Crippen LogP contribution in [0, 0.1) is 6.92 Å². The van der Waals surface area contributed by atoms with Gasteiger partial charge in [-0.2, -0.15) is 13.2 Å². The number of carbonyl (C=O) groups excluding carboxylic acids is 1.